The number of benzene rings is 1. The summed E-state index contributed by atoms with van der Waals surface area (Å²) in [5.41, 5.74) is 1.21. The number of hydrogen-bond acceptors (Lipinski definition) is 4. The van der Waals surface area contributed by atoms with Gasteiger partial charge in [0.2, 0.25) is 0 Å². The van der Waals surface area contributed by atoms with Crippen LogP contribution < -0.4 is 0 Å². The van der Waals surface area contributed by atoms with Crippen molar-refractivity contribution in [3.63, 3.8) is 0 Å². The predicted octanol–water partition coefficient (Wildman–Crippen LogP) is 3.75. The van der Waals surface area contributed by atoms with Crippen LogP contribution in [0, 0.1) is 11.8 Å². The second kappa shape index (κ2) is 11.5. The van der Waals surface area contributed by atoms with E-state index < -0.39 is 31.0 Å². The Balaban J connectivity index is 1.81. The lowest BCUT2D eigenvalue weighted by atomic mass is 9.84. The van der Waals surface area contributed by atoms with E-state index in [1.54, 1.807) is 24.3 Å². The number of carboxylic acid groups (broad SMARTS) is 1. The van der Waals surface area contributed by atoms with Crippen molar-refractivity contribution >= 4 is 5.97 Å². The van der Waals surface area contributed by atoms with E-state index in [0.717, 1.165) is 25.7 Å². The third-order valence-corrected chi connectivity index (χ3v) is 5.96. The van der Waals surface area contributed by atoms with Crippen LogP contribution in [0.15, 0.2) is 24.3 Å². The number of aliphatic hydroxyl groups excluding tert-OH is 3. The third kappa shape index (κ3) is 6.83. The number of aliphatic carboxylic acids is 1. The number of alkyl halides is 1. The summed E-state index contributed by atoms with van der Waals surface area (Å²) < 4.78 is 12.8. The van der Waals surface area contributed by atoms with E-state index in [4.69, 9.17) is 5.11 Å². The molecule has 0 amide bonds. The van der Waals surface area contributed by atoms with Gasteiger partial charge in [0.25, 0.3) is 0 Å². The second-order valence-electron chi connectivity index (χ2n) is 8.02. The molecule has 1 aromatic rings. The molecule has 0 aromatic heterocycles. The van der Waals surface area contributed by atoms with Crippen LogP contribution in [0.2, 0.25) is 0 Å². The predicted molar refractivity (Wildman–Crippen MR) is 104 cm³/mol. The molecule has 5 atom stereocenters. The molecule has 0 bridgehead atoms. The van der Waals surface area contributed by atoms with Crippen LogP contribution in [0.25, 0.3) is 0 Å². The van der Waals surface area contributed by atoms with E-state index in [9.17, 15) is 24.5 Å². The number of aliphatic hydroxyl groups is 3. The first-order chi connectivity index (χ1) is 13.4. The molecule has 0 radical (unpaired) electrons. The van der Waals surface area contributed by atoms with E-state index >= 15 is 0 Å². The monoisotopic (exact) mass is 396 g/mol. The number of hydrogen-bond donors (Lipinski definition) is 4. The summed E-state index contributed by atoms with van der Waals surface area (Å²) in [6.45, 7) is -0.567. The fourth-order valence-electron chi connectivity index (χ4n) is 4.39. The maximum absolute atomic E-state index is 12.8. The Labute approximate surface area is 166 Å². The van der Waals surface area contributed by atoms with Gasteiger partial charge in [-0.15, -0.1) is 0 Å². The van der Waals surface area contributed by atoms with Gasteiger partial charge >= 0.3 is 5.97 Å². The summed E-state index contributed by atoms with van der Waals surface area (Å²) in [5.74, 6) is -0.836. The molecule has 0 aliphatic heterocycles. The van der Waals surface area contributed by atoms with Gasteiger partial charge in [0.15, 0.2) is 0 Å². The van der Waals surface area contributed by atoms with Crippen molar-refractivity contribution in [1.29, 1.82) is 0 Å². The highest BCUT2D eigenvalue weighted by Crippen LogP contribution is 2.40. The highest BCUT2D eigenvalue weighted by molar-refractivity contribution is 5.66. The number of rotatable bonds is 12. The summed E-state index contributed by atoms with van der Waals surface area (Å²) in [7, 11) is 0. The van der Waals surface area contributed by atoms with Gasteiger partial charge in [-0.25, -0.2) is 4.39 Å². The molecule has 0 heterocycles. The first-order valence-electron chi connectivity index (χ1n) is 10.3. The van der Waals surface area contributed by atoms with Crippen LogP contribution in [0.5, 0.6) is 0 Å². The summed E-state index contributed by atoms with van der Waals surface area (Å²) in [6, 6.07) is 6.85. The summed E-state index contributed by atoms with van der Waals surface area (Å²) in [4.78, 5) is 10.5. The molecule has 0 spiro atoms. The number of halogens is 1. The van der Waals surface area contributed by atoms with Gasteiger partial charge in [0, 0.05) is 6.42 Å². The van der Waals surface area contributed by atoms with Crippen LogP contribution in [0.1, 0.15) is 75.0 Å². The van der Waals surface area contributed by atoms with E-state index in [1.807, 2.05) is 0 Å². The van der Waals surface area contributed by atoms with Crippen molar-refractivity contribution in [3.05, 3.63) is 35.4 Å². The van der Waals surface area contributed by atoms with Crippen molar-refractivity contribution < 1.29 is 29.6 Å². The molecule has 158 valence electrons. The molecule has 1 saturated carbocycles. The van der Waals surface area contributed by atoms with Gasteiger partial charge in [0.1, 0.15) is 6.67 Å². The molecule has 1 unspecified atom stereocenters. The largest absolute Gasteiger partial charge is 0.481 e. The third-order valence-electron chi connectivity index (χ3n) is 5.96. The molecule has 4 N–H and O–H groups in total. The first-order valence-corrected chi connectivity index (χ1v) is 10.3. The average Bonchev–Trinajstić information content (AvgIpc) is 2.95. The Morgan fingerprint density at radius 1 is 1.07 bits per heavy atom. The van der Waals surface area contributed by atoms with Gasteiger partial charge in [0.05, 0.1) is 18.3 Å². The second-order valence-corrected chi connectivity index (χ2v) is 8.02. The molecule has 2 rings (SSSR count). The van der Waals surface area contributed by atoms with Crippen LogP contribution in [0.4, 0.5) is 4.39 Å². The maximum Gasteiger partial charge on any atom is 0.303 e. The Hall–Kier alpha value is -1.50. The van der Waals surface area contributed by atoms with Gasteiger partial charge < -0.3 is 20.4 Å². The number of carboxylic acids is 1. The minimum absolute atomic E-state index is 0.00106. The molecule has 1 aliphatic rings. The first kappa shape index (κ1) is 22.8. The van der Waals surface area contributed by atoms with E-state index in [-0.39, 0.29) is 18.3 Å². The van der Waals surface area contributed by atoms with E-state index in [0.29, 0.717) is 36.8 Å². The van der Waals surface area contributed by atoms with Crippen molar-refractivity contribution in [3.8, 4) is 0 Å². The minimum atomic E-state index is -0.773. The van der Waals surface area contributed by atoms with Crippen molar-refractivity contribution in [2.45, 2.75) is 82.8 Å². The molecule has 1 aliphatic carbocycles. The standard InChI is InChI=1S/C22H33FO5/c23-14-15-6-5-7-16(12-15)19(24)11-10-18-17(20(25)13-21(18)26)8-3-1-2-4-9-22(27)28/h5-7,12,17-21,24-26H,1-4,8-11,13-14H2,(H,27,28)/t17-,18-,19?,20+,21-/m1/s1. The Morgan fingerprint density at radius 3 is 2.43 bits per heavy atom. The quantitative estimate of drug-likeness (QED) is 0.403. The highest BCUT2D eigenvalue weighted by atomic mass is 19.1. The van der Waals surface area contributed by atoms with Crippen LogP contribution in [-0.2, 0) is 11.5 Å². The molecular formula is C22H33FO5. The van der Waals surface area contributed by atoms with Crippen LogP contribution >= 0.6 is 0 Å². The minimum Gasteiger partial charge on any atom is -0.481 e. The Kier molecular flexibility index (Phi) is 9.35. The Bertz CT molecular complexity index is 608. The SMILES string of the molecule is O=C(O)CCCCCC[C@@H]1[C@@H](CCC(O)c2cccc(CF)c2)[C@H](O)C[C@@H]1O. The Morgan fingerprint density at radius 2 is 1.75 bits per heavy atom. The van der Waals surface area contributed by atoms with Crippen molar-refractivity contribution in [2.24, 2.45) is 11.8 Å². The molecular weight excluding hydrogens is 363 g/mol. The summed E-state index contributed by atoms with van der Waals surface area (Å²) in [6.07, 6.45) is 3.91. The molecule has 1 fully saturated rings. The number of carbonyl (C=O) groups is 1. The summed E-state index contributed by atoms with van der Waals surface area (Å²) >= 11 is 0. The van der Waals surface area contributed by atoms with Gasteiger partial charge in [-0.3, -0.25) is 4.79 Å². The molecule has 0 saturated heterocycles. The topological polar surface area (TPSA) is 98.0 Å². The van der Waals surface area contributed by atoms with Crippen molar-refractivity contribution in [2.75, 3.05) is 0 Å². The highest BCUT2D eigenvalue weighted by Gasteiger charge is 2.40. The van der Waals surface area contributed by atoms with Crippen LogP contribution in [0.3, 0.4) is 0 Å². The van der Waals surface area contributed by atoms with Crippen molar-refractivity contribution in [1.82, 2.24) is 0 Å². The molecule has 1 aromatic carbocycles. The van der Waals surface area contributed by atoms with Gasteiger partial charge in [-0.1, -0.05) is 43.5 Å². The normalized spacial score (nSPS) is 25.7. The van der Waals surface area contributed by atoms with E-state index in [2.05, 4.69) is 0 Å². The lowest BCUT2D eigenvalue weighted by Gasteiger charge is -2.25. The zero-order chi connectivity index (χ0) is 20.5. The van der Waals surface area contributed by atoms with Crippen LogP contribution in [-0.4, -0.2) is 38.6 Å². The molecule has 6 heteroatoms. The fraction of sp³-hybridized carbons (Fsp3) is 0.682. The zero-order valence-electron chi connectivity index (χ0n) is 16.3. The maximum atomic E-state index is 12.8. The lowest BCUT2D eigenvalue weighted by molar-refractivity contribution is -0.137. The lowest BCUT2D eigenvalue weighted by Crippen LogP contribution is -2.23. The van der Waals surface area contributed by atoms with Gasteiger partial charge in [-0.05, 0) is 55.1 Å². The smallest absolute Gasteiger partial charge is 0.303 e. The molecule has 28 heavy (non-hydrogen) atoms. The average molecular weight is 396 g/mol. The number of unbranched alkanes of at least 4 members (excludes halogenated alkanes) is 3. The van der Waals surface area contributed by atoms with Gasteiger partial charge in [-0.2, -0.15) is 0 Å². The fourth-order valence-corrected chi connectivity index (χ4v) is 4.39. The summed E-state index contributed by atoms with van der Waals surface area (Å²) in [5, 5.41) is 39.8. The zero-order valence-corrected chi connectivity index (χ0v) is 16.3. The molecule has 5 nitrogen and oxygen atoms in total. The van der Waals surface area contributed by atoms with E-state index in [1.165, 1.54) is 0 Å².